The summed E-state index contributed by atoms with van der Waals surface area (Å²) in [5, 5.41) is 5.29. The molecule has 0 bridgehead atoms. The second kappa shape index (κ2) is 8.33. The van der Waals surface area contributed by atoms with Crippen LogP contribution in [0, 0.1) is 0 Å². The summed E-state index contributed by atoms with van der Waals surface area (Å²) < 4.78 is 37.6. The molecule has 1 heterocycles. The summed E-state index contributed by atoms with van der Waals surface area (Å²) in [6.45, 7) is 0.778. The van der Waals surface area contributed by atoms with Crippen molar-refractivity contribution in [2.45, 2.75) is 25.1 Å². The van der Waals surface area contributed by atoms with Crippen LogP contribution in [-0.2, 0) is 17.4 Å². The van der Waals surface area contributed by atoms with Gasteiger partial charge in [0.15, 0.2) is 0 Å². The van der Waals surface area contributed by atoms with Gasteiger partial charge in [-0.1, -0.05) is 30.3 Å². The van der Waals surface area contributed by atoms with Crippen molar-refractivity contribution in [1.29, 1.82) is 0 Å². The Hall–Kier alpha value is -3.03. The average Bonchev–Trinajstić information content (AvgIpc) is 3.02. The van der Waals surface area contributed by atoms with Crippen LogP contribution in [-0.4, -0.2) is 31.1 Å². The predicted molar refractivity (Wildman–Crippen MR) is 98.9 cm³/mol. The van der Waals surface area contributed by atoms with Crippen molar-refractivity contribution < 1.29 is 22.8 Å². The monoisotopic (exact) mass is 391 g/mol. The molecule has 8 heteroatoms. The Morgan fingerprint density at radius 2 is 1.75 bits per heavy atom. The first-order valence-corrected chi connectivity index (χ1v) is 8.91. The van der Waals surface area contributed by atoms with Crippen LogP contribution >= 0.6 is 0 Å². The number of hydrogen-bond acceptors (Lipinski definition) is 2. The Morgan fingerprint density at radius 1 is 1.07 bits per heavy atom. The highest BCUT2D eigenvalue weighted by Crippen LogP contribution is 2.29. The number of urea groups is 1. The molecule has 0 aromatic heterocycles. The summed E-state index contributed by atoms with van der Waals surface area (Å²) in [5.41, 5.74) is 0.768. The fourth-order valence-corrected chi connectivity index (χ4v) is 3.07. The number of alkyl halides is 3. The second-order valence-corrected chi connectivity index (χ2v) is 6.51. The summed E-state index contributed by atoms with van der Waals surface area (Å²) in [7, 11) is 0. The number of nitrogens with one attached hydrogen (secondary N) is 2. The molecule has 1 fully saturated rings. The summed E-state index contributed by atoms with van der Waals surface area (Å²) in [5.74, 6) is -0.163. The molecule has 2 aromatic rings. The van der Waals surface area contributed by atoms with E-state index < -0.39 is 23.8 Å². The zero-order valence-corrected chi connectivity index (χ0v) is 15.0. The Balaban J connectivity index is 1.44. The molecule has 28 heavy (non-hydrogen) atoms. The summed E-state index contributed by atoms with van der Waals surface area (Å²) in [4.78, 5) is 26.1. The maximum absolute atomic E-state index is 12.5. The third kappa shape index (κ3) is 4.82. The van der Waals surface area contributed by atoms with E-state index in [9.17, 15) is 22.8 Å². The van der Waals surface area contributed by atoms with Crippen LogP contribution in [0.1, 0.15) is 17.5 Å². The molecule has 0 saturated carbocycles. The molecule has 0 radical (unpaired) electrons. The van der Waals surface area contributed by atoms with Gasteiger partial charge >= 0.3 is 12.2 Å². The lowest BCUT2D eigenvalue weighted by atomic mass is 10.1. The fraction of sp³-hybridized carbons (Fsp3) is 0.300. The number of anilines is 1. The van der Waals surface area contributed by atoms with Crippen LogP contribution < -0.4 is 15.5 Å². The van der Waals surface area contributed by atoms with E-state index in [-0.39, 0.29) is 12.5 Å². The lowest BCUT2D eigenvalue weighted by molar-refractivity contribution is -0.137. The number of hydrogen-bond donors (Lipinski definition) is 2. The minimum atomic E-state index is -4.36. The first-order valence-electron chi connectivity index (χ1n) is 8.91. The van der Waals surface area contributed by atoms with Gasteiger partial charge in [-0.2, -0.15) is 13.2 Å². The number of amides is 3. The topological polar surface area (TPSA) is 61.4 Å². The van der Waals surface area contributed by atoms with Crippen LogP contribution in [0.25, 0.3) is 0 Å². The van der Waals surface area contributed by atoms with Crippen LogP contribution in [0.5, 0.6) is 0 Å². The molecule has 1 atom stereocenters. The minimum absolute atomic E-state index is 0.163. The maximum atomic E-state index is 12.5. The molecule has 5 nitrogen and oxygen atoms in total. The number of halogens is 3. The number of carbonyl (C=O) groups is 2. The van der Waals surface area contributed by atoms with E-state index in [0.717, 1.165) is 17.8 Å². The SMILES string of the molecule is O=C(NCCc1ccc(C(F)(F)F)cc1)NC1CCN(c2ccccc2)C1=O. The van der Waals surface area contributed by atoms with Gasteiger partial charge in [0.25, 0.3) is 0 Å². The highest BCUT2D eigenvalue weighted by atomic mass is 19.4. The van der Waals surface area contributed by atoms with Crippen molar-refractivity contribution in [1.82, 2.24) is 10.6 Å². The van der Waals surface area contributed by atoms with Crippen LogP contribution in [0.3, 0.4) is 0 Å². The van der Waals surface area contributed by atoms with E-state index in [1.54, 1.807) is 4.90 Å². The van der Waals surface area contributed by atoms with E-state index in [4.69, 9.17) is 0 Å². The first kappa shape index (κ1) is 19.7. The van der Waals surface area contributed by atoms with Gasteiger partial charge in [0, 0.05) is 18.8 Å². The molecule has 1 aliphatic heterocycles. The number of para-hydroxylation sites is 1. The van der Waals surface area contributed by atoms with E-state index in [1.165, 1.54) is 12.1 Å². The van der Waals surface area contributed by atoms with E-state index in [2.05, 4.69) is 10.6 Å². The lowest BCUT2D eigenvalue weighted by Gasteiger charge is -2.17. The summed E-state index contributed by atoms with van der Waals surface area (Å²) >= 11 is 0. The molecule has 2 N–H and O–H groups in total. The second-order valence-electron chi connectivity index (χ2n) is 6.51. The molecular weight excluding hydrogens is 371 g/mol. The van der Waals surface area contributed by atoms with Gasteiger partial charge in [-0.15, -0.1) is 0 Å². The van der Waals surface area contributed by atoms with E-state index in [0.29, 0.717) is 24.9 Å². The first-order chi connectivity index (χ1) is 13.3. The Labute approximate surface area is 160 Å². The van der Waals surface area contributed by atoms with Crippen molar-refractivity contribution in [2.75, 3.05) is 18.0 Å². The quantitative estimate of drug-likeness (QED) is 0.821. The normalized spacial score (nSPS) is 16.9. The number of benzene rings is 2. The number of rotatable bonds is 5. The zero-order valence-electron chi connectivity index (χ0n) is 15.0. The van der Waals surface area contributed by atoms with Gasteiger partial charge in [0.1, 0.15) is 6.04 Å². The van der Waals surface area contributed by atoms with E-state index >= 15 is 0 Å². The zero-order chi connectivity index (χ0) is 20.1. The van der Waals surface area contributed by atoms with E-state index in [1.807, 2.05) is 30.3 Å². The fourth-order valence-electron chi connectivity index (χ4n) is 3.07. The molecule has 148 valence electrons. The molecule has 0 spiro atoms. The predicted octanol–water partition coefficient (Wildman–Crippen LogP) is 3.35. The standard InChI is InChI=1S/C20H20F3N3O2/c21-20(22,23)15-8-6-14(7-9-15)10-12-24-19(28)25-17-11-13-26(18(17)27)16-4-2-1-3-5-16/h1-9,17H,10-13H2,(H2,24,25,28). The molecule has 1 saturated heterocycles. The Kier molecular flexibility index (Phi) is 5.87. The summed E-state index contributed by atoms with van der Waals surface area (Å²) in [6, 6.07) is 13.0. The highest BCUT2D eigenvalue weighted by Gasteiger charge is 2.33. The summed E-state index contributed by atoms with van der Waals surface area (Å²) in [6.07, 6.45) is -3.46. The van der Waals surface area contributed by atoms with Crippen LogP contribution in [0.4, 0.5) is 23.7 Å². The Morgan fingerprint density at radius 3 is 2.39 bits per heavy atom. The molecule has 1 aliphatic rings. The van der Waals surface area contributed by atoms with Gasteiger partial charge in [0.2, 0.25) is 5.91 Å². The van der Waals surface area contributed by atoms with Gasteiger partial charge in [-0.05, 0) is 42.7 Å². The molecule has 0 aliphatic carbocycles. The van der Waals surface area contributed by atoms with Crippen molar-refractivity contribution in [3.63, 3.8) is 0 Å². The third-order valence-corrected chi connectivity index (χ3v) is 4.56. The Bertz CT molecular complexity index is 823. The van der Waals surface area contributed by atoms with Crippen molar-refractivity contribution in [3.8, 4) is 0 Å². The molecule has 3 rings (SSSR count). The highest BCUT2D eigenvalue weighted by molar-refractivity contribution is 6.01. The third-order valence-electron chi connectivity index (χ3n) is 4.56. The van der Waals surface area contributed by atoms with Gasteiger partial charge in [0.05, 0.1) is 5.56 Å². The number of nitrogens with zero attached hydrogens (tertiary/aromatic N) is 1. The molecular formula is C20H20F3N3O2. The maximum Gasteiger partial charge on any atom is 0.416 e. The smallest absolute Gasteiger partial charge is 0.338 e. The largest absolute Gasteiger partial charge is 0.416 e. The average molecular weight is 391 g/mol. The van der Waals surface area contributed by atoms with Crippen molar-refractivity contribution in [2.24, 2.45) is 0 Å². The van der Waals surface area contributed by atoms with Gasteiger partial charge in [-0.3, -0.25) is 4.79 Å². The number of carbonyl (C=O) groups excluding carboxylic acids is 2. The van der Waals surface area contributed by atoms with Crippen LogP contribution in [0.2, 0.25) is 0 Å². The molecule has 1 unspecified atom stereocenters. The van der Waals surface area contributed by atoms with Gasteiger partial charge < -0.3 is 15.5 Å². The van der Waals surface area contributed by atoms with Crippen molar-refractivity contribution in [3.05, 3.63) is 65.7 Å². The van der Waals surface area contributed by atoms with Crippen molar-refractivity contribution >= 4 is 17.6 Å². The molecule has 2 aromatic carbocycles. The molecule has 3 amide bonds. The lowest BCUT2D eigenvalue weighted by Crippen LogP contribution is -2.46. The van der Waals surface area contributed by atoms with Gasteiger partial charge in [-0.25, -0.2) is 4.79 Å². The van der Waals surface area contributed by atoms with Crippen LogP contribution in [0.15, 0.2) is 54.6 Å². The minimum Gasteiger partial charge on any atom is -0.338 e.